The Morgan fingerprint density at radius 1 is 1.03 bits per heavy atom. The zero-order valence-corrected chi connectivity index (χ0v) is 19.9. The van der Waals surface area contributed by atoms with Crippen molar-refractivity contribution in [1.29, 1.82) is 0 Å². The zero-order valence-electron chi connectivity index (χ0n) is 18.3. The molecule has 2 aliphatic heterocycles. The van der Waals surface area contributed by atoms with Crippen molar-refractivity contribution in [3.05, 3.63) is 74.2 Å². The van der Waals surface area contributed by atoms with E-state index in [4.69, 9.17) is 9.47 Å². The summed E-state index contributed by atoms with van der Waals surface area (Å²) in [5.41, 5.74) is 1.56. The standard InChI is InChI=1S/C24H20N2O6S2/c1-3-32-23(29)13-4-8-14(9-5-13)26-21(27)17-16(12-6-10-15(31-2)11-7-12)18-20(25-24(30)34-18)33-19(17)22(26)28/h4-11,16-17,19H,3H2,1-2H3,(H,25,30)/t16-,17+,19+/m1/s1. The van der Waals surface area contributed by atoms with Gasteiger partial charge in [0.1, 0.15) is 11.0 Å². The fourth-order valence-corrected chi connectivity index (χ4v) is 6.92. The number of amides is 2. The van der Waals surface area contributed by atoms with E-state index in [2.05, 4.69) is 4.98 Å². The molecule has 1 aromatic heterocycles. The van der Waals surface area contributed by atoms with Gasteiger partial charge in [-0.25, -0.2) is 9.69 Å². The molecule has 0 saturated carbocycles. The number of aromatic amines is 1. The number of thioether (sulfide) groups is 1. The van der Waals surface area contributed by atoms with Crippen LogP contribution in [0.25, 0.3) is 0 Å². The van der Waals surface area contributed by atoms with E-state index in [-0.39, 0.29) is 23.3 Å². The Balaban J connectivity index is 1.54. The van der Waals surface area contributed by atoms with Gasteiger partial charge in [-0.05, 0) is 48.9 Å². The molecule has 34 heavy (non-hydrogen) atoms. The van der Waals surface area contributed by atoms with Crippen molar-refractivity contribution in [3.8, 4) is 5.75 Å². The highest BCUT2D eigenvalue weighted by atomic mass is 32.2. The number of carbonyl (C=O) groups excluding carboxylic acids is 3. The van der Waals surface area contributed by atoms with Gasteiger partial charge in [-0.1, -0.05) is 35.2 Å². The fraction of sp³-hybridized carbons (Fsp3) is 0.250. The summed E-state index contributed by atoms with van der Waals surface area (Å²) >= 11 is 2.29. The molecule has 174 valence electrons. The van der Waals surface area contributed by atoms with Crippen LogP contribution in [-0.4, -0.2) is 41.7 Å². The lowest BCUT2D eigenvalue weighted by Gasteiger charge is -2.29. The van der Waals surface area contributed by atoms with E-state index in [1.54, 1.807) is 38.3 Å². The maximum atomic E-state index is 13.7. The van der Waals surface area contributed by atoms with E-state index < -0.39 is 23.1 Å². The van der Waals surface area contributed by atoms with Gasteiger partial charge in [-0.3, -0.25) is 14.4 Å². The zero-order chi connectivity index (χ0) is 24.0. The molecule has 3 heterocycles. The van der Waals surface area contributed by atoms with Gasteiger partial charge in [0.05, 0.1) is 35.9 Å². The van der Waals surface area contributed by atoms with Crippen LogP contribution < -0.4 is 14.5 Å². The minimum Gasteiger partial charge on any atom is -0.497 e. The Hall–Kier alpha value is -3.37. The first kappa shape index (κ1) is 22.4. The number of H-pyrrole nitrogens is 1. The Labute approximate surface area is 202 Å². The van der Waals surface area contributed by atoms with E-state index in [0.29, 0.717) is 22.0 Å². The molecule has 8 nitrogen and oxygen atoms in total. The Bertz CT molecular complexity index is 1330. The van der Waals surface area contributed by atoms with E-state index in [1.165, 1.54) is 28.8 Å². The lowest BCUT2D eigenvalue weighted by Crippen LogP contribution is -2.32. The van der Waals surface area contributed by atoms with Gasteiger partial charge in [0.25, 0.3) is 0 Å². The van der Waals surface area contributed by atoms with Crippen LogP contribution in [0.4, 0.5) is 5.69 Å². The molecule has 0 unspecified atom stereocenters. The van der Waals surface area contributed by atoms with Gasteiger partial charge >= 0.3 is 10.8 Å². The molecule has 1 fully saturated rings. The maximum Gasteiger partial charge on any atom is 0.338 e. The molecule has 1 saturated heterocycles. The van der Waals surface area contributed by atoms with E-state index in [9.17, 15) is 19.2 Å². The SMILES string of the molecule is CCOC(=O)c1ccc(N2C(=O)[C@H]3[C@@H](c4ccc(OC)cc4)c4sc(=O)[nH]c4S[C@@H]3C2=O)cc1. The Kier molecular flexibility index (Phi) is 5.78. The first-order valence-corrected chi connectivity index (χ1v) is 12.3. The van der Waals surface area contributed by atoms with Crippen LogP contribution in [0.2, 0.25) is 0 Å². The van der Waals surface area contributed by atoms with Crippen molar-refractivity contribution in [2.24, 2.45) is 5.92 Å². The van der Waals surface area contributed by atoms with Crippen molar-refractivity contribution in [2.75, 3.05) is 18.6 Å². The molecule has 10 heteroatoms. The minimum absolute atomic E-state index is 0.220. The number of hydrogen-bond donors (Lipinski definition) is 1. The van der Waals surface area contributed by atoms with Crippen molar-refractivity contribution >= 4 is 46.6 Å². The Morgan fingerprint density at radius 3 is 2.38 bits per heavy atom. The number of nitrogens with zero attached hydrogens (tertiary/aromatic N) is 1. The number of thiazole rings is 1. The average Bonchev–Trinajstić information content (AvgIpc) is 3.34. The van der Waals surface area contributed by atoms with Gasteiger partial charge < -0.3 is 14.5 Å². The second-order valence-corrected chi connectivity index (χ2v) is 9.97. The fourth-order valence-electron chi connectivity index (χ4n) is 4.40. The molecule has 0 aliphatic carbocycles. The summed E-state index contributed by atoms with van der Waals surface area (Å²) < 4.78 is 10.3. The summed E-state index contributed by atoms with van der Waals surface area (Å²) in [4.78, 5) is 55.8. The molecule has 3 aromatic rings. The first-order chi connectivity index (χ1) is 16.4. The summed E-state index contributed by atoms with van der Waals surface area (Å²) in [6, 6.07) is 13.5. The molecule has 1 N–H and O–H groups in total. The monoisotopic (exact) mass is 496 g/mol. The highest BCUT2D eigenvalue weighted by Gasteiger charge is 2.56. The molecule has 0 bridgehead atoms. The van der Waals surface area contributed by atoms with Gasteiger partial charge in [0.15, 0.2) is 0 Å². The van der Waals surface area contributed by atoms with Crippen molar-refractivity contribution in [3.63, 3.8) is 0 Å². The van der Waals surface area contributed by atoms with E-state index in [0.717, 1.165) is 21.8 Å². The molecular formula is C24H20N2O6S2. The number of esters is 1. The molecule has 0 radical (unpaired) electrons. The predicted octanol–water partition coefficient (Wildman–Crippen LogP) is 3.42. The van der Waals surface area contributed by atoms with Gasteiger partial charge in [0.2, 0.25) is 11.8 Å². The van der Waals surface area contributed by atoms with Crippen LogP contribution in [0, 0.1) is 5.92 Å². The number of ether oxygens (including phenoxy) is 2. The van der Waals surface area contributed by atoms with Crippen molar-refractivity contribution < 1.29 is 23.9 Å². The average molecular weight is 497 g/mol. The van der Waals surface area contributed by atoms with Crippen LogP contribution in [0.5, 0.6) is 5.75 Å². The van der Waals surface area contributed by atoms with Crippen LogP contribution in [0.3, 0.4) is 0 Å². The van der Waals surface area contributed by atoms with Crippen molar-refractivity contribution in [1.82, 2.24) is 4.98 Å². The molecule has 5 rings (SSSR count). The molecule has 2 amide bonds. The summed E-state index contributed by atoms with van der Waals surface area (Å²) in [7, 11) is 1.57. The van der Waals surface area contributed by atoms with Crippen LogP contribution in [0.1, 0.15) is 33.6 Å². The second kappa shape index (κ2) is 8.77. The third-order valence-electron chi connectivity index (χ3n) is 5.94. The summed E-state index contributed by atoms with van der Waals surface area (Å²) in [6.45, 7) is 1.97. The molecule has 2 aromatic carbocycles. The second-order valence-electron chi connectivity index (χ2n) is 7.80. The third-order valence-corrected chi connectivity index (χ3v) is 8.34. The number of hydrogen-bond acceptors (Lipinski definition) is 8. The first-order valence-electron chi connectivity index (χ1n) is 10.6. The predicted molar refractivity (Wildman–Crippen MR) is 128 cm³/mol. The number of nitrogens with one attached hydrogen (secondary N) is 1. The van der Waals surface area contributed by atoms with Crippen LogP contribution in [0.15, 0.2) is 58.4 Å². The maximum absolute atomic E-state index is 13.7. The van der Waals surface area contributed by atoms with Crippen molar-refractivity contribution in [2.45, 2.75) is 23.1 Å². The lowest BCUT2D eigenvalue weighted by atomic mass is 9.83. The van der Waals surface area contributed by atoms with Crippen LogP contribution >= 0.6 is 23.1 Å². The number of methoxy groups -OCH3 is 1. The quantitative estimate of drug-likeness (QED) is 0.426. The Morgan fingerprint density at radius 2 is 1.74 bits per heavy atom. The normalized spacial score (nSPS) is 21.2. The third kappa shape index (κ3) is 3.63. The number of aromatic nitrogens is 1. The smallest absolute Gasteiger partial charge is 0.338 e. The highest BCUT2D eigenvalue weighted by Crippen LogP contribution is 2.53. The van der Waals surface area contributed by atoms with Gasteiger partial charge in [0, 0.05) is 10.8 Å². The lowest BCUT2D eigenvalue weighted by molar-refractivity contribution is -0.122. The largest absolute Gasteiger partial charge is 0.497 e. The van der Waals surface area contributed by atoms with E-state index in [1.807, 2.05) is 12.1 Å². The number of rotatable bonds is 5. The minimum atomic E-state index is -0.679. The van der Waals surface area contributed by atoms with Gasteiger partial charge in [-0.15, -0.1) is 0 Å². The molecule has 3 atom stereocenters. The summed E-state index contributed by atoms with van der Waals surface area (Å²) in [5.74, 6) is -1.60. The number of carbonyl (C=O) groups is 3. The number of benzene rings is 2. The summed E-state index contributed by atoms with van der Waals surface area (Å²) in [6.07, 6.45) is 0. The highest BCUT2D eigenvalue weighted by molar-refractivity contribution is 8.00. The topological polar surface area (TPSA) is 106 Å². The van der Waals surface area contributed by atoms with Gasteiger partial charge in [-0.2, -0.15) is 0 Å². The number of anilines is 1. The molecular weight excluding hydrogens is 476 g/mol. The number of imide groups is 1. The number of fused-ring (bicyclic) bond motifs is 2. The molecule has 2 aliphatic rings. The summed E-state index contributed by atoms with van der Waals surface area (Å²) in [5, 5.41) is -0.0557. The van der Waals surface area contributed by atoms with Crippen LogP contribution in [-0.2, 0) is 14.3 Å². The molecule has 0 spiro atoms. The van der Waals surface area contributed by atoms with E-state index >= 15 is 0 Å².